The molecular formula is C11H17F3N2O2S. The minimum atomic E-state index is -4.80. The lowest BCUT2D eigenvalue weighted by molar-refractivity contribution is -0.191. The summed E-state index contributed by atoms with van der Waals surface area (Å²) in [6, 6.07) is -0.983. The Hall–Kier alpha value is -0.920. The molecule has 1 N–H and O–H groups in total. The van der Waals surface area contributed by atoms with Crippen molar-refractivity contribution >= 4 is 24.6 Å². The van der Waals surface area contributed by atoms with Gasteiger partial charge in [-0.05, 0) is 31.4 Å². The van der Waals surface area contributed by atoms with E-state index in [1.54, 1.807) is 5.32 Å². The van der Waals surface area contributed by atoms with Gasteiger partial charge in [-0.3, -0.25) is 9.69 Å². The molecule has 0 aromatic rings. The van der Waals surface area contributed by atoms with Crippen molar-refractivity contribution in [1.82, 2.24) is 10.2 Å². The van der Waals surface area contributed by atoms with E-state index in [0.717, 1.165) is 6.42 Å². The predicted molar refractivity (Wildman–Crippen MR) is 67.0 cm³/mol. The Labute approximate surface area is 115 Å². The van der Waals surface area contributed by atoms with E-state index in [4.69, 9.17) is 0 Å². The Morgan fingerprint density at radius 3 is 2.37 bits per heavy atom. The summed E-state index contributed by atoms with van der Waals surface area (Å²) < 4.78 is 38.4. The number of amides is 3. The Morgan fingerprint density at radius 1 is 1.37 bits per heavy atom. The van der Waals surface area contributed by atoms with E-state index >= 15 is 0 Å². The molecule has 8 heteroatoms. The number of rotatable bonds is 5. The van der Waals surface area contributed by atoms with E-state index in [9.17, 15) is 22.8 Å². The van der Waals surface area contributed by atoms with Gasteiger partial charge >= 0.3 is 12.2 Å². The van der Waals surface area contributed by atoms with Gasteiger partial charge in [-0.25, -0.2) is 4.79 Å². The molecule has 0 aromatic heterocycles. The van der Waals surface area contributed by atoms with Gasteiger partial charge in [0.25, 0.3) is 5.91 Å². The van der Waals surface area contributed by atoms with E-state index < -0.39 is 23.7 Å². The second-order valence-electron chi connectivity index (χ2n) is 4.92. The highest BCUT2D eigenvalue weighted by molar-refractivity contribution is 7.80. The van der Waals surface area contributed by atoms with Gasteiger partial charge in [0.2, 0.25) is 5.54 Å². The first-order valence-electron chi connectivity index (χ1n) is 5.95. The molecule has 0 spiro atoms. The molecule has 1 saturated heterocycles. The fraction of sp³-hybridized carbons (Fsp3) is 0.818. The van der Waals surface area contributed by atoms with Crippen LogP contribution in [-0.4, -0.2) is 40.9 Å². The molecule has 2 atom stereocenters. The SMILES string of the molecule is CC(CCS)CCN1C(=O)NC(C)(C(F)(F)F)C1=O. The number of hydrogen-bond acceptors (Lipinski definition) is 3. The van der Waals surface area contributed by atoms with E-state index in [1.165, 1.54) is 0 Å². The van der Waals surface area contributed by atoms with Crippen LogP contribution in [0, 0.1) is 5.92 Å². The predicted octanol–water partition coefficient (Wildman–Crippen LogP) is 2.21. The number of hydrogen-bond donors (Lipinski definition) is 2. The Bertz CT molecular complexity index is 375. The van der Waals surface area contributed by atoms with Gasteiger partial charge in [-0.15, -0.1) is 0 Å². The van der Waals surface area contributed by atoms with E-state index in [0.29, 0.717) is 24.0 Å². The summed E-state index contributed by atoms with van der Waals surface area (Å²) in [7, 11) is 0. The second kappa shape index (κ2) is 5.60. The van der Waals surface area contributed by atoms with Crippen LogP contribution >= 0.6 is 12.6 Å². The number of carbonyl (C=O) groups excluding carboxylic acids is 2. The fourth-order valence-electron chi connectivity index (χ4n) is 1.81. The fourth-order valence-corrected chi connectivity index (χ4v) is 2.25. The molecule has 3 amide bonds. The molecule has 19 heavy (non-hydrogen) atoms. The average molecular weight is 298 g/mol. The van der Waals surface area contributed by atoms with Crippen LogP contribution in [0.25, 0.3) is 0 Å². The minimum Gasteiger partial charge on any atom is -0.316 e. The lowest BCUT2D eigenvalue weighted by Gasteiger charge is -2.24. The first-order chi connectivity index (χ1) is 8.63. The molecule has 0 aliphatic carbocycles. The van der Waals surface area contributed by atoms with Gasteiger partial charge in [-0.2, -0.15) is 25.8 Å². The van der Waals surface area contributed by atoms with Crippen LogP contribution in [0.3, 0.4) is 0 Å². The Morgan fingerprint density at radius 2 is 1.95 bits per heavy atom. The summed E-state index contributed by atoms with van der Waals surface area (Å²) in [4.78, 5) is 23.9. The summed E-state index contributed by atoms with van der Waals surface area (Å²) in [5.41, 5.74) is -2.81. The molecule has 1 heterocycles. The van der Waals surface area contributed by atoms with Crippen molar-refractivity contribution in [1.29, 1.82) is 0 Å². The van der Waals surface area contributed by atoms with E-state index in [1.807, 2.05) is 6.92 Å². The van der Waals surface area contributed by atoms with Crippen LogP contribution in [-0.2, 0) is 4.79 Å². The van der Waals surface area contributed by atoms with Crippen LogP contribution in [0.5, 0.6) is 0 Å². The second-order valence-corrected chi connectivity index (χ2v) is 5.36. The van der Waals surface area contributed by atoms with Crippen molar-refractivity contribution in [3.05, 3.63) is 0 Å². The lowest BCUT2D eigenvalue weighted by Crippen LogP contribution is -2.56. The summed E-state index contributed by atoms with van der Waals surface area (Å²) in [5.74, 6) is -0.388. The molecular weight excluding hydrogens is 281 g/mol. The number of nitrogens with zero attached hydrogens (tertiary/aromatic N) is 1. The van der Waals surface area contributed by atoms with Gasteiger partial charge in [0.05, 0.1) is 0 Å². The van der Waals surface area contributed by atoms with Crippen LogP contribution in [0.4, 0.5) is 18.0 Å². The highest BCUT2D eigenvalue weighted by Crippen LogP contribution is 2.35. The lowest BCUT2D eigenvalue weighted by atomic mass is 10.0. The van der Waals surface area contributed by atoms with Crippen LogP contribution in [0.15, 0.2) is 0 Å². The third-order valence-corrected chi connectivity index (χ3v) is 3.57. The number of alkyl halides is 3. The van der Waals surface area contributed by atoms with E-state index in [2.05, 4.69) is 12.6 Å². The molecule has 1 aliphatic heterocycles. The van der Waals surface area contributed by atoms with Crippen molar-refractivity contribution in [2.45, 2.75) is 38.4 Å². The number of nitrogens with one attached hydrogen (secondary N) is 1. The highest BCUT2D eigenvalue weighted by atomic mass is 32.1. The third-order valence-electron chi connectivity index (χ3n) is 3.31. The number of carbonyl (C=O) groups is 2. The Kier molecular flexibility index (Phi) is 4.76. The monoisotopic (exact) mass is 298 g/mol. The van der Waals surface area contributed by atoms with Crippen LogP contribution in [0.1, 0.15) is 26.7 Å². The highest BCUT2D eigenvalue weighted by Gasteiger charge is 2.64. The zero-order chi connectivity index (χ0) is 14.8. The summed E-state index contributed by atoms with van der Waals surface area (Å²) in [6.07, 6.45) is -3.55. The Balaban J connectivity index is 2.72. The van der Waals surface area contributed by atoms with Gasteiger partial charge in [-0.1, -0.05) is 6.92 Å². The molecule has 0 saturated carbocycles. The molecule has 110 valence electrons. The van der Waals surface area contributed by atoms with Crippen molar-refractivity contribution in [3.63, 3.8) is 0 Å². The number of urea groups is 1. The summed E-state index contributed by atoms with van der Waals surface area (Å²) >= 11 is 4.05. The molecule has 0 bridgehead atoms. The van der Waals surface area contributed by atoms with Gasteiger partial charge < -0.3 is 5.32 Å². The summed E-state index contributed by atoms with van der Waals surface area (Å²) in [5, 5.41) is 1.72. The maximum atomic E-state index is 12.8. The van der Waals surface area contributed by atoms with Gasteiger partial charge in [0.15, 0.2) is 0 Å². The first-order valence-corrected chi connectivity index (χ1v) is 6.58. The van der Waals surface area contributed by atoms with Crippen molar-refractivity contribution in [2.24, 2.45) is 5.92 Å². The number of thiol groups is 1. The molecule has 0 radical (unpaired) electrons. The average Bonchev–Trinajstić information content (AvgIpc) is 2.48. The van der Waals surface area contributed by atoms with Gasteiger partial charge in [0, 0.05) is 6.54 Å². The normalized spacial score (nSPS) is 25.7. The first kappa shape index (κ1) is 16.1. The maximum Gasteiger partial charge on any atom is 0.420 e. The zero-order valence-electron chi connectivity index (χ0n) is 10.8. The van der Waals surface area contributed by atoms with Crippen LogP contribution in [0.2, 0.25) is 0 Å². The zero-order valence-corrected chi connectivity index (χ0v) is 11.6. The maximum absolute atomic E-state index is 12.8. The summed E-state index contributed by atoms with van der Waals surface area (Å²) in [6.45, 7) is 2.58. The third kappa shape index (κ3) is 3.16. The molecule has 4 nitrogen and oxygen atoms in total. The standard InChI is InChI=1S/C11H17F3N2O2S/c1-7(4-6-19)3-5-16-8(17)10(2,11(12,13)14)15-9(16)18/h7,19H,3-6H2,1-2H3,(H,15,18). The van der Waals surface area contributed by atoms with E-state index in [-0.39, 0.29) is 12.5 Å². The van der Waals surface area contributed by atoms with Crippen LogP contribution < -0.4 is 5.32 Å². The molecule has 1 fully saturated rings. The minimum absolute atomic E-state index is 0.00865. The van der Waals surface area contributed by atoms with Crippen molar-refractivity contribution in [2.75, 3.05) is 12.3 Å². The quantitative estimate of drug-likeness (QED) is 0.604. The molecule has 0 aromatic carbocycles. The van der Waals surface area contributed by atoms with Crippen molar-refractivity contribution in [3.8, 4) is 0 Å². The molecule has 1 rings (SSSR count). The van der Waals surface area contributed by atoms with Gasteiger partial charge in [0.1, 0.15) is 0 Å². The largest absolute Gasteiger partial charge is 0.420 e. The number of halogens is 3. The number of imide groups is 1. The van der Waals surface area contributed by atoms with Crippen molar-refractivity contribution < 1.29 is 22.8 Å². The molecule has 2 unspecified atom stereocenters. The topological polar surface area (TPSA) is 49.4 Å². The smallest absolute Gasteiger partial charge is 0.316 e. The molecule has 1 aliphatic rings.